The van der Waals surface area contributed by atoms with Crippen LogP contribution in [0.2, 0.25) is 0 Å². The van der Waals surface area contributed by atoms with E-state index in [1.54, 1.807) is 0 Å². The number of rotatable bonds is 5. The summed E-state index contributed by atoms with van der Waals surface area (Å²) in [7, 11) is 0. The highest BCUT2D eigenvalue weighted by Crippen LogP contribution is 1.96. The maximum absolute atomic E-state index is 9.97. The molecule has 0 heterocycles. The highest BCUT2D eigenvalue weighted by molar-refractivity contribution is 5.64. The fourth-order valence-corrected chi connectivity index (χ4v) is 0.764. The molecule has 0 saturated carbocycles. The fourth-order valence-electron chi connectivity index (χ4n) is 0.764. The van der Waals surface area contributed by atoms with E-state index < -0.39 is 6.09 Å². The second kappa shape index (κ2) is 5.97. The lowest BCUT2D eigenvalue weighted by Crippen LogP contribution is -2.25. The molecular weight excluding hydrogens is 144 g/mol. The quantitative estimate of drug-likeness (QED) is 0.520. The summed E-state index contributed by atoms with van der Waals surface area (Å²) in [5.74, 6) is 0. The second-order valence-electron chi connectivity index (χ2n) is 2.54. The Balaban J connectivity index is 3.08. The molecule has 0 fully saturated rings. The van der Waals surface area contributed by atoms with Crippen LogP contribution in [0.3, 0.4) is 0 Å². The fraction of sp³-hybridized carbons (Fsp3) is 0.857. The molecule has 0 aromatic heterocycles. The summed E-state index contributed by atoms with van der Waals surface area (Å²) in [6, 6.07) is 0.214. The van der Waals surface area contributed by atoms with E-state index in [0.29, 0.717) is 6.54 Å². The Bertz CT molecular complexity index is 117. The normalized spacial score (nSPS) is 12.5. The van der Waals surface area contributed by atoms with Gasteiger partial charge in [0.1, 0.15) is 0 Å². The molecule has 0 aliphatic heterocycles. The van der Waals surface area contributed by atoms with Gasteiger partial charge in [0.15, 0.2) is 0 Å². The smallest absolute Gasteiger partial charge is 0.404 e. The van der Waals surface area contributed by atoms with E-state index in [9.17, 15) is 4.79 Å². The number of nitrogens with two attached hydrogens (primary N) is 1. The maximum Gasteiger partial charge on any atom is 0.404 e. The van der Waals surface area contributed by atoms with Crippen LogP contribution in [0.4, 0.5) is 4.79 Å². The second-order valence-corrected chi connectivity index (χ2v) is 2.54. The van der Waals surface area contributed by atoms with Gasteiger partial charge in [0, 0.05) is 12.6 Å². The summed E-state index contributed by atoms with van der Waals surface area (Å²) < 4.78 is 0. The van der Waals surface area contributed by atoms with Gasteiger partial charge in [-0.15, -0.1) is 0 Å². The Morgan fingerprint density at radius 2 is 2.36 bits per heavy atom. The Morgan fingerprint density at radius 1 is 1.73 bits per heavy atom. The average molecular weight is 160 g/mol. The highest BCUT2D eigenvalue weighted by atomic mass is 16.4. The molecule has 0 aromatic carbocycles. The molecule has 66 valence electrons. The Hall–Kier alpha value is -0.770. The molecule has 0 aromatic rings. The molecule has 1 unspecified atom stereocenters. The molecule has 4 N–H and O–H groups in total. The van der Waals surface area contributed by atoms with Crippen molar-refractivity contribution in [1.29, 1.82) is 0 Å². The third kappa shape index (κ3) is 7.12. The Kier molecular flexibility index (Phi) is 5.56. The van der Waals surface area contributed by atoms with Crippen molar-refractivity contribution in [3.63, 3.8) is 0 Å². The van der Waals surface area contributed by atoms with Gasteiger partial charge >= 0.3 is 6.09 Å². The topological polar surface area (TPSA) is 75.3 Å². The van der Waals surface area contributed by atoms with Crippen LogP contribution in [0.15, 0.2) is 0 Å². The molecule has 0 spiro atoms. The first-order chi connectivity index (χ1) is 5.16. The van der Waals surface area contributed by atoms with E-state index in [1.807, 2.05) is 6.92 Å². The van der Waals surface area contributed by atoms with Gasteiger partial charge < -0.3 is 16.2 Å². The summed E-state index contributed by atoms with van der Waals surface area (Å²) in [6.45, 7) is 2.53. The minimum absolute atomic E-state index is 0.214. The van der Waals surface area contributed by atoms with Gasteiger partial charge in [-0.25, -0.2) is 4.79 Å². The van der Waals surface area contributed by atoms with Crippen LogP contribution in [0.25, 0.3) is 0 Å². The molecule has 1 atom stereocenters. The molecule has 0 aliphatic rings. The van der Waals surface area contributed by atoms with Gasteiger partial charge in [0.05, 0.1) is 0 Å². The van der Waals surface area contributed by atoms with Crippen molar-refractivity contribution >= 4 is 6.09 Å². The zero-order chi connectivity index (χ0) is 8.69. The van der Waals surface area contributed by atoms with Crippen molar-refractivity contribution < 1.29 is 9.90 Å². The summed E-state index contributed by atoms with van der Waals surface area (Å²) in [4.78, 5) is 9.97. The van der Waals surface area contributed by atoms with Crippen LogP contribution in [-0.4, -0.2) is 23.8 Å². The Labute approximate surface area is 66.8 Å². The van der Waals surface area contributed by atoms with Gasteiger partial charge in [0.25, 0.3) is 0 Å². The number of carboxylic acid groups (broad SMARTS) is 1. The molecule has 0 rings (SSSR count). The number of nitrogens with one attached hydrogen (secondary N) is 1. The Morgan fingerprint density at radius 3 is 2.82 bits per heavy atom. The first kappa shape index (κ1) is 10.2. The number of carbonyl (C=O) groups is 1. The number of hydrogen-bond donors (Lipinski definition) is 3. The van der Waals surface area contributed by atoms with Crippen LogP contribution < -0.4 is 11.1 Å². The molecule has 0 saturated heterocycles. The van der Waals surface area contributed by atoms with Gasteiger partial charge in [-0.1, -0.05) is 6.92 Å². The molecule has 4 nitrogen and oxygen atoms in total. The van der Waals surface area contributed by atoms with Crippen LogP contribution in [-0.2, 0) is 0 Å². The first-order valence-corrected chi connectivity index (χ1v) is 3.89. The maximum atomic E-state index is 9.97. The van der Waals surface area contributed by atoms with Crippen LogP contribution >= 0.6 is 0 Å². The van der Waals surface area contributed by atoms with E-state index >= 15 is 0 Å². The van der Waals surface area contributed by atoms with E-state index in [1.165, 1.54) is 0 Å². The van der Waals surface area contributed by atoms with Crippen molar-refractivity contribution in [2.24, 2.45) is 5.73 Å². The van der Waals surface area contributed by atoms with Crippen LogP contribution in [0.5, 0.6) is 0 Å². The van der Waals surface area contributed by atoms with Crippen LogP contribution in [0.1, 0.15) is 26.2 Å². The molecule has 0 radical (unpaired) electrons. The summed E-state index contributed by atoms with van der Waals surface area (Å²) in [6.07, 6.45) is 1.69. The van der Waals surface area contributed by atoms with Gasteiger partial charge in [-0.3, -0.25) is 0 Å². The number of amides is 1. The average Bonchev–Trinajstić information content (AvgIpc) is 1.97. The van der Waals surface area contributed by atoms with E-state index in [0.717, 1.165) is 19.3 Å². The zero-order valence-electron chi connectivity index (χ0n) is 6.84. The zero-order valence-corrected chi connectivity index (χ0v) is 6.84. The summed E-state index contributed by atoms with van der Waals surface area (Å²) in [5, 5.41) is 10.5. The van der Waals surface area contributed by atoms with Crippen LogP contribution in [0, 0.1) is 0 Å². The molecule has 4 heteroatoms. The minimum atomic E-state index is -0.963. The number of hydrogen-bond acceptors (Lipinski definition) is 2. The molecular formula is C7H16N2O2. The van der Waals surface area contributed by atoms with Crippen molar-refractivity contribution in [1.82, 2.24) is 5.32 Å². The van der Waals surface area contributed by atoms with Crippen molar-refractivity contribution in [3.8, 4) is 0 Å². The predicted molar refractivity (Wildman–Crippen MR) is 43.5 cm³/mol. The SMILES string of the molecule is CCC(N)CCCNC(=O)O. The lowest BCUT2D eigenvalue weighted by molar-refractivity contribution is 0.194. The van der Waals surface area contributed by atoms with Crippen molar-refractivity contribution in [2.75, 3.05) is 6.54 Å². The van der Waals surface area contributed by atoms with E-state index in [-0.39, 0.29) is 6.04 Å². The molecule has 0 aliphatic carbocycles. The van der Waals surface area contributed by atoms with E-state index in [4.69, 9.17) is 10.8 Å². The minimum Gasteiger partial charge on any atom is -0.465 e. The molecule has 1 amide bonds. The summed E-state index contributed by atoms with van der Waals surface area (Å²) >= 11 is 0. The monoisotopic (exact) mass is 160 g/mol. The molecule has 0 bridgehead atoms. The summed E-state index contributed by atoms with van der Waals surface area (Å²) in [5.41, 5.74) is 5.61. The standard InChI is InChI=1S/C7H16N2O2/c1-2-6(8)4-3-5-9-7(10)11/h6,9H,2-5,8H2,1H3,(H,10,11). The van der Waals surface area contributed by atoms with E-state index in [2.05, 4.69) is 5.32 Å². The van der Waals surface area contributed by atoms with Gasteiger partial charge in [0.2, 0.25) is 0 Å². The third-order valence-corrected chi connectivity index (χ3v) is 1.55. The lowest BCUT2D eigenvalue weighted by atomic mass is 10.1. The van der Waals surface area contributed by atoms with Gasteiger partial charge in [-0.2, -0.15) is 0 Å². The highest BCUT2D eigenvalue weighted by Gasteiger charge is 1.98. The first-order valence-electron chi connectivity index (χ1n) is 3.89. The predicted octanol–water partition coefficient (Wildman–Crippen LogP) is 0.772. The molecule has 11 heavy (non-hydrogen) atoms. The lowest BCUT2D eigenvalue weighted by Gasteiger charge is -2.07. The van der Waals surface area contributed by atoms with Crippen molar-refractivity contribution in [3.05, 3.63) is 0 Å². The largest absolute Gasteiger partial charge is 0.465 e. The van der Waals surface area contributed by atoms with Crippen molar-refractivity contribution in [2.45, 2.75) is 32.2 Å². The van der Waals surface area contributed by atoms with Gasteiger partial charge in [-0.05, 0) is 19.3 Å². The third-order valence-electron chi connectivity index (χ3n) is 1.55.